The number of pyridine rings is 1. The van der Waals surface area contributed by atoms with E-state index in [2.05, 4.69) is 4.98 Å². The van der Waals surface area contributed by atoms with Gasteiger partial charge in [-0.15, -0.1) is 11.6 Å². The smallest absolute Gasteiger partial charge is 0.420 e. The van der Waals surface area contributed by atoms with Crippen molar-refractivity contribution in [3.63, 3.8) is 0 Å². The summed E-state index contributed by atoms with van der Waals surface area (Å²) in [6.45, 7) is 6.58. The van der Waals surface area contributed by atoms with E-state index in [-0.39, 0.29) is 16.6 Å². The van der Waals surface area contributed by atoms with Gasteiger partial charge < -0.3 is 4.74 Å². The summed E-state index contributed by atoms with van der Waals surface area (Å²) in [5, 5.41) is -0.872. The molecule has 0 aliphatic rings. The third-order valence-electron chi connectivity index (χ3n) is 2.75. The fourth-order valence-corrected chi connectivity index (χ4v) is 2.20. The van der Waals surface area contributed by atoms with Crippen LogP contribution in [0.15, 0.2) is 12.4 Å². The number of hydrogen-bond acceptors (Lipinski definition) is 3. The topological polar surface area (TPSA) is 44.1 Å². The predicted octanol–water partition coefficient (Wildman–Crippen LogP) is 4.40. The molecule has 0 fully saturated rings. The summed E-state index contributed by atoms with van der Waals surface area (Å²) in [5.74, 6) is -1.49. The monoisotopic (exact) mass is 316 g/mol. The molecule has 0 aliphatic heterocycles. The third kappa shape index (κ3) is 3.00. The molecule has 21 heavy (non-hydrogen) atoms. The molecular weight excluding hydrogens is 302 g/mol. The number of ether oxygens (including phenoxy) is 1. The zero-order valence-electron chi connectivity index (χ0n) is 12.1. The average Bonchev–Trinajstić information content (AvgIpc) is 2.64. The van der Waals surface area contributed by atoms with Gasteiger partial charge in [-0.25, -0.2) is 23.1 Å². The lowest BCUT2D eigenvalue weighted by molar-refractivity contribution is 0.0542. The first-order valence-corrected chi connectivity index (χ1v) is 6.78. The van der Waals surface area contributed by atoms with Crippen LogP contribution in [0.5, 0.6) is 0 Å². The normalized spacial score (nSPS) is 13.5. The van der Waals surface area contributed by atoms with Crippen molar-refractivity contribution < 1.29 is 18.3 Å². The maximum Gasteiger partial charge on any atom is 0.420 e. The van der Waals surface area contributed by atoms with E-state index in [1.807, 2.05) is 0 Å². The molecule has 0 spiro atoms. The van der Waals surface area contributed by atoms with Gasteiger partial charge in [0.25, 0.3) is 0 Å². The van der Waals surface area contributed by atoms with Crippen molar-refractivity contribution in [1.82, 2.24) is 9.55 Å². The van der Waals surface area contributed by atoms with Gasteiger partial charge in [0.1, 0.15) is 11.4 Å². The SMILES string of the molecule is CC(Cl)c1c(F)cnc2c1c(F)cn2C(=O)OC(C)(C)C. The Hall–Kier alpha value is -1.69. The van der Waals surface area contributed by atoms with Gasteiger partial charge in [-0.1, -0.05) is 0 Å². The van der Waals surface area contributed by atoms with Crippen LogP contribution in [0.25, 0.3) is 11.0 Å². The molecule has 7 heteroatoms. The Labute approximate surface area is 125 Å². The number of alkyl halides is 1. The van der Waals surface area contributed by atoms with E-state index < -0.39 is 28.7 Å². The number of carbonyl (C=O) groups is 1. The van der Waals surface area contributed by atoms with Crippen LogP contribution in [0.3, 0.4) is 0 Å². The van der Waals surface area contributed by atoms with Gasteiger partial charge in [0.15, 0.2) is 11.5 Å². The minimum atomic E-state index is -0.788. The summed E-state index contributed by atoms with van der Waals surface area (Å²) in [5.41, 5.74) is -0.792. The highest BCUT2D eigenvalue weighted by Crippen LogP contribution is 2.32. The van der Waals surface area contributed by atoms with Crippen molar-refractivity contribution in [1.29, 1.82) is 0 Å². The van der Waals surface area contributed by atoms with Crippen molar-refractivity contribution in [2.45, 2.75) is 38.7 Å². The van der Waals surface area contributed by atoms with E-state index in [9.17, 15) is 13.6 Å². The Morgan fingerprint density at radius 2 is 2.00 bits per heavy atom. The highest BCUT2D eigenvalue weighted by Gasteiger charge is 2.25. The molecule has 2 aromatic rings. The molecule has 4 nitrogen and oxygen atoms in total. The number of aromatic nitrogens is 2. The summed E-state index contributed by atoms with van der Waals surface area (Å²) >= 11 is 5.89. The lowest BCUT2D eigenvalue weighted by Crippen LogP contribution is -2.26. The van der Waals surface area contributed by atoms with Crippen LogP contribution in [-0.2, 0) is 4.74 Å². The van der Waals surface area contributed by atoms with E-state index in [1.54, 1.807) is 20.8 Å². The number of hydrogen-bond donors (Lipinski definition) is 0. The average molecular weight is 317 g/mol. The van der Waals surface area contributed by atoms with Gasteiger partial charge in [0, 0.05) is 5.56 Å². The Bertz CT molecular complexity index is 705. The second-order valence-corrected chi connectivity index (χ2v) is 6.32. The number of carbonyl (C=O) groups excluding carboxylic acids is 1. The molecule has 1 unspecified atom stereocenters. The molecule has 0 aliphatic carbocycles. The van der Waals surface area contributed by atoms with E-state index >= 15 is 0 Å². The van der Waals surface area contributed by atoms with Gasteiger partial charge >= 0.3 is 6.09 Å². The summed E-state index contributed by atoms with van der Waals surface area (Å²) in [6, 6.07) is 0. The fraction of sp³-hybridized carbons (Fsp3) is 0.429. The lowest BCUT2D eigenvalue weighted by Gasteiger charge is -2.19. The molecule has 0 radical (unpaired) electrons. The third-order valence-corrected chi connectivity index (χ3v) is 2.97. The van der Waals surface area contributed by atoms with Crippen molar-refractivity contribution in [2.75, 3.05) is 0 Å². The van der Waals surface area contributed by atoms with Crippen LogP contribution in [-0.4, -0.2) is 21.2 Å². The Morgan fingerprint density at radius 3 is 2.52 bits per heavy atom. The highest BCUT2D eigenvalue weighted by molar-refractivity contribution is 6.21. The largest absolute Gasteiger partial charge is 0.443 e. The quantitative estimate of drug-likeness (QED) is 0.732. The second-order valence-electron chi connectivity index (χ2n) is 5.66. The molecule has 1 atom stereocenters. The molecule has 0 aromatic carbocycles. The van der Waals surface area contributed by atoms with Crippen molar-refractivity contribution >= 4 is 28.7 Å². The van der Waals surface area contributed by atoms with E-state index in [4.69, 9.17) is 16.3 Å². The van der Waals surface area contributed by atoms with E-state index in [0.717, 1.165) is 17.0 Å². The van der Waals surface area contributed by atoms with Crippen LogP contribution < -0.4 is 0 Å². The highest BCUT2D eigenvalue weighted by atomic mass is 35.5. The number of rotatable bonds is 1. The van der Waals surface area contributed by atoms with Crippen LogP contribution in [0.2, 0.25) is 0 Å². The van der Waals surface area contributed by atoms with Gasteiger partial charge in [-0.2, -0.15) is 0 Å². The molecule has 2 rings (SSSR count). The number of halogens is 3. The predicted molar refractivity (Wildman–Crippen MR) is 75.5 cm³/mol. The summed E-state index contributed by atoms with van der Waals surface area (Å²) < 4.78 is 34.0. The second kappa shape index (κ2) is 5.26. The first-order valence-electron chi connectivity index (χ1n) is 6.34. The lowest BCUT2D eigenvalue weighted by atomic mass is 10.1. The van der Waals surface area contributed by atoms with Crippen LogP contribution in [0.1, 0.15) is 38.6 Å². The number of fused-ring (bicyclic) bond motifs is 1. The van der Waals surface area contributed by atoms with Crippen LogP contribution >= 0.6 is 11.6 Å². The van der Waals surface area contributed by atoms with Crippen molar-refractivity contribution in [3.05, 3.63) is 29.6 Å². The fourth-order valence-electron chi connectivity index (χ4n) is 1.99. The summed E-state index contributed by atoms with van der Waals surface area (Å²) in [4.78, 5) is 15.8. The molecule has 2 aromatic heterocycles. The maximum absolute atomic E-state index is 14.1. The summed E-state index contributed by atoms with van der Waals surface area (Å²) in [6.07, 6.45) is 1.05. The first-order chi connectivity index (χ1) is 9.61. The zero-order chi connectivity index (χ0) is 15.9. The van der Waals surface area contributed by atoms with E-state index in [0.29, 0.717) is 0 Å². The molecule has 2 heterocycles. The minimum absolute atomic E-state index is 0.0225. The van der Waals surface area contributed by atoms with Gasteiger partial charge in [0.05, 0.1) is 23.2 Å². The van der Waals surface area contributed by atoms with Crippen molar-refractivity contribution in [2.24, 2.45) is 0 Å². The van der Waals surface area contributed by atoms with Gasteiger partial charge in [-0.05, 0) is 27.7 Å². The molecular formula is C14H15ClF2N2O2. The Morgan fingerprint density at radius 1 is 1.38 bits per heavy atom. The Balaban J connectivity index is 2.64. The molecule has 0 saturated carbocycles. The Kier molecular flexibility index (Phi) is 3.93. The molecule has 0 N–H and O–H groups in total. The number of nitrogens with zero attached hydrogens (tertiary/aromatic N) is 2. The molecule has 0 saturated heterocycles. The van der Waals surface area contributed by atoms with Crippen LogP contribution in [0.4, 0.5) is 13.6 Å². The maximum atomic E-state index is 14.1. The first kappa shape index (κ1) is 15.7. The standard InChI is InChI=1S/C14H15ClF2N2O2/c1-7(15)10-8(16)5-18-12-11(10)9(17)6-19(12)13(20)21-14(2,3)4/h5-7H,1-4H3. The van der Waals surface area contributed by atoms with Crippen LogP contribution in [0, 0.1) is 11.6 Å². The zero-order valence-corrected chi connectivity index (χ0v) is 12.8. The minimum Gasteiger partial charge on any atom is -0.443 e. The molecule has 0 amide bonds. The van der Waals surface area contributed by atoms with Gasteiger partial charge in [0.2, 0.25) is 0 Å². The van der Waals surface area contributed by atoms with Crippen molar-refractivity contribution in [3.8, 4) is 0 Å². The van der Waals surface area contributed by atoms with E-state index in [1.165, 1.54) is 6.92 Å². The molecule has 114 valence electrons. The van der Waals surface area contributed by atoms with Gasteiger partial charge in [-0.3, -0.25) is 0 Å². The molecule has 0 bridgehead atoms. The summed E-state index contributed by atoms with van der Waals surface area (Å²) in [7, 11) is 0.